The fourth-order valence-corrected chi connectivity index (χ4v) is 6.38. The molecular formula is C21H32N6O3S2. The van der Waals surface area contributed by atoms with Gasteiger partial charge in [-0.3, -0.25) is 4.79 Å². The predicted molar refractivity (Wildman–Crippen MR) is 127 cm³/mol. The van der Waals surface area contributed by atoms with Crippen LogP contribution in [0.25, 0.3) is 0 Å². The first-order valence-electron chi connectivity index (χ1n) is 11.0. The Hall–Kier alpha value is -2.11. The number of hydrogen-bond acceptors (Lipinski definition) is 7. The van der Waals surface area contributed by atoms with Crippen molar-refractivity contribution < 1.29 is 13.2 Å². The Balaban J connectivity index is 1.65. The maximum Gasteiger partial charge on any atom is 0.243 e. The van der Waals surface area contributed by atoms with Gasteiger partial charge in [-0.05, 0) is 37.5 Å². The van der Waals surface area contributed by atoms with Crippen LogP contribution in [-0.4, -0.2) is 52.3 Å². The summed E-state index contributed by atoms with van der Waals surface area (Å²) in [5.41, 5.74) is 1.07. The summed E-state index contributed by atoms with van der Waals surface area (Å²) in [4.78, 5) is 12.7. The molecule has 0 radical (unpaired) electrons. The van der Waals surface area contributed by atoms with Gasteiger partial charge < -0.3 is 11.2 Å². The lowest BCUT2D eigenvalue weighted by atomic mass is 9.89. The second-order valence-corrected chi connectivity index (χ2v) is 10.8. The number of nitrogen functional groups attached to an aromatic ring is 1. The van der Waals surface area contributed by atoms with E-state index in [1.807, 2.05) is 0 Å². The number of hydrogen-bond donors (Lipinski definition) is 2. The Morgan fingerprint density at radius 3 is 2.56 bits per heavy atom. The van der Waals surface area contributed by atoms with E-state index in [0.29, 0.717) is 35.4 Å². The molecule has 9 nitrogen and oxygen atoms in total. The zero-order valence-electron chi connectivity index (χ0n) is 18.9. The first-order valence-corrected chi connectivity index (χ1v) is 13.4. The number of thioether (sulfide) groups is 1. The summed E-state index contributed by atoms with van der Waals surface area (Å²) in [6, 6.07) is 4.91. The van der Waals surface area contributed by atoms with Crippen molar-refractivity contribution in [2.75, 3.05) is 30.0 Å². The van der Waals surface area contributed by atoms with Gasteiger partial charge in [0.15, 0.2) is 5.82 Å². The molecule has 3 rings (SSSR count). The van der Waals surface area contributed by atoms with Crippen molar-refractivity contribution in [3.63, 3.8) is 0 Å². The Bertz CT molecular complexity index is 1040. The van der Waals surface area contributed by atoms with Gasteiger partial charge in [0.2, 0.25) is 21.1 Å². The summed E-state index contributed by atoms with van der Waals surface area (Å²) in [7, 11) is -3.62. The van der Waals surface area contributed by atoms with E-state index in [9.17, 15) is 13.2 Å². The third-order valence-corrected chi connectivity index (χ3v) is 8.92. The van der Waals surface area contributed by atoms with Gasteiger partial charge in [-0.15, -0.1) is 10.2 Å². The fraction of sp³-hybridized carbons (Fsp3) is 0.571. The molecule has 2 aromatic rings. The van der Waals surface area contributed by atoms with Crippen molar-refractivity contribution in [1.29, 1.82) is 0 Å². The largest absolute Gasteiger partial charge is 0.336 e. The number of carbonyl (C=O) groups excluding carboxylic acids is 1. The zero-order valence-corrected chi connectivity index (χ0v) is 20.5. The molecule has 1 aliphatic carbocycles. The minimum Gasteiger partial charge on any atom is -0.336 e. The number of amides is 1. The monoisotopic (exact) mass is 480 g/mol. The number of nitrogens with one attached hydrogen (secondary N) is 1. The van der Waals surface area contributed by atoms with Crippen molar-refractivity contribution >= 4 is 33.4 Å². The number of aryl methyl sites for hydroxylation is 1. The molecule has 1 fully saturated rings. The highest BCUT2D eigenvalue weighted by Gasteiger charge is 2.25. The first-order chi connectivity index (χ1) is 15.3. The molecule has 176 valence electrons. The minimum absolute atomic E-state index is 0.0893. The van der Waals surface area contributed by atoms with Gasteiger partial charge in [0, 0.05) is 24.7 Å². The second-order valence-electron chi connectivity index (χ2n) is 7.95. The SMILES string of the molecule is CCN(CC)S(=O)(=O)c1cc(NC(=O)CSc2nnc(C3CCCCC3)n2N)ccc1C. The van der Waals surface area contributed by atoms with Gasteiger partial charge >= 0.3 is 0 Å². The zero-order chi connectivity index (χ0) is 23.3. The Labute approximate surface area is 194 Å². The maximum atomic E-state index is 12.9. The van der Waals surface area contributed by atoms with Crippen molar-refractivity contribution in [2.24, 2.45) is 0 Å². The molecule has 0 saturated heterocycles. The summed E-state index contributed by atoms with van der Waals surface area (Å²) in [5.74, 6) is 7.10. The number of rotatable bonds is 9. The molecule has 1 aromatic carbocycles. The van der Waals surface area contributed by atoms with E-state index in [2.05, 4.69) is 15.5 Å². The molecule has 1 heterocycles. The molecule has 1 aromatic heterocycles. The highest BCUT2D eigenvalue weighted by Crippen LogP contribution is 2.32. The lowest BCUT2D eigenvalue weighted by Crippen LogP contribution is -2.31. The molecule has 3 N–H and O–H groups in total. The van der Waals surface area contributed by atoms with Gasteiger partial charge in [0.1, 0.15) is 0 Å². The molecule has 1 amide bonds. The topological polar surface area (TPSA) is 123 Å². The van der Waals surface area contributed by atoms with Crippen molar-refractivity contribution in [1.82, 2.24) is 19.2 Å². The van der Waals surface area contributed by atoms with E-state index in [4.69, 9.17) is 5.84 Å². The van der Waals surface area contributed by atoms with Gasteiger partial charge in [-0.1, -0.05) is 50.9 Å². The van der Waals surface area contributed by atoms with Crippen LogP contribution in [0, 0.1) is 6.92 Å². The van der Waals surface area contributed by atoms with E-state index in [1.165, 1.54) is 46.1 Å². The van der Waals surface area contributed by atoms with Crippen molar-refractivity contribution in [3.05, 3.63) is 29.6 Å². The second kappa shape index (κ2) is 10.7. The van der Waals surface area contributed by atoms with Crippen LogP contribution in [0.5, 0.6) is 0 Å². The number of sulfonamides is 1. The summed E-state index contributed by atoms with van der Waals surface area (Å²) < 4.78 is 28.7. The van der Waals surface area contributed by atoms with E-state index >= 15 is 0 Å². The third kappa shape index (κ3) is 5.44. The summed E-state index contributed by atoms with van der Waals surface area (Å²) >= 11 is 1.21. The molecule has 32 heavy (non-hydrogen) atoms. The smallest absolute Gasteiger partial charge is 0.243 e. The number of carbonyl (C=O) groups is 1. The number of benzene rings is 1. The van der Waals surface area contributed by atoms with E-state index < -0.39 is 10.0 Å². The first kappa shape index (κ1) is 24.5. The van der Waals surface area contributed by atoms with Crippen LogP contribution >= 0.6 is 11.8 Å². The van der Waals surface area contributed by atoms with Gasteiger partial charge in [0.05, 0.1) is 10.6 Å². The molecule has 0 bridgehead atoms. The Morgan fingerprint density at radius 2 is 1.91 bits per heavy atom. The molecule has 0 spiro atoms. The number of nitrogens with two attached hydrogens (primary N) is 1. The molecule has 11 heteroatoms. The van der Waals surface area contributed by atoms with Crippen LogP contribution in [0.3, 0.4) is 0 Å². The summed E-state index contributed by atoms with van der Waals surface area (Å²) in [6.45, 7) is 6.11. The predicted octanol–water partition coefficient (Wildman–Crippen LogP) is 3.11. The van der Waals surface area contributed by atoms with Crippen LogP contribution in [0.4, 0.5) is 5.69 Å². The number of nitrogens with zero attached hydrogens (tertiary/aromatic N) is 4. The highest BCUT2D eigenvalue weighted by atomic mass is 32.2. The fourth-order valence-electron chi connectivity index (χ4n) is 4.01. The molecule has 0 atom stereocenters. The van der Waals surface area contributed by atoms with Crippen molar-refractivity contribution in [3.8, 4) is 0 Å². The average Bonchev–Trinajstić information content (AvgIpc) is 3.15. The standard InChI is InChI=1S/C21H32N6O3S2/c1-4-26(5-2)32(29,30)18-13-17(12-11-15(18)3)23-19(28)14-31-21-25-24-20(27(21)22)16-9-7-6-8-10-16/h11-13,16H,4-10,14,22H2,1-3H3,(H,23,28). The Morgan fingerprint density at radius 1 is 1.22 bits per heavy atom. The quantitative estimate of drug-likeness (QED) is 0.417. The van der Waals surface area contributed by atoms with Crippen molar-refractivity contribution in [2.45, 2.75) is 68.8 Å². The molecule has 1 aliphatic rings. The van der Waals surface area contributed by atoms with Gasteiger partial charge in [0.25, 0.3) is 0 Å². The number of anilines is 1. The van der Waals surface area contributed by atoms with Crippen LogP contribution < -0.4 is 11.2 Å². The lowest BCUT2D eigenvalue weighted by molar-refractivity contribution is -0.113. The number of aromatic nitrogens is 3. The highest BCUT2D eigenvalue weighted by molar-refractivity contribution is 7.99. The normalized spacial score (nSPS) is 15.2. The Kier molecular flexibility index (Phi) is 8.18. The van der Waals surface area contributed by atoms with E-state index in [0.717, 1.165) is 18.7 Å². The van der Waals surface area contributed by atoms with E-state index in [1.54, 1.807) is 32.9 Å². The lowest BCUT2D eigenvalue weighted by Gasteiger charge is -2.20. The van der Waals surface area contributed by atoms with Crippen LogP contribution in [-0.2, 0) is 14.8 Å². The van der Waals surface area contributed by atoms with Crippen LogP contribution in [0.2, 0.25) is 0 Å². The van der Waals surface area contributed by atoms with Gasteiger partial charge in [-0.2, -0.15) is 4.31 Å². The maximum absolute atomic E-state index is 12.9. The summed E-state index contributed by atoms with van der Waals surface area (Å²) in [5, 5.41) is 11.7. The average molecular weight is 481 g/mol. The summed E-state index contributed by atoms with van der Waals surface area (Å²) in [6.07, 6.45) is 5.71. The molecule has 0 unspecified atom stereocenters. The van der Waals surface area contributed by atoms with Gasteiger partial charge in [-0.25, -0.2) is 13.1 Å². The molecule has 0 aliphatic heterocycles. The van der Waals surface area contributed by atoms with E-state index in [-0.39, 0.29) is 16.6 Å². The molecular weight excluding hydrogens is 448 g/mol. The minimum atomic E-state index is -3.62. The van der Waals surface area contributed by atoms with Crippen LogP contribution in [0.15, 0.2) is 28.3 Å². The third-order valence-electron chi connectivity index (χ3n) is 5.79. The van der Waals surface area contributed by atoms with Crippen LogP contribution in [0.1, 0.15) is 63.3 Å². The molecule has 1 saturated carbocycles.